The lowest BCUT2D eigenvalue weighted by molar-refractivity contribution is 0.0874. The van der Waals surface area contributed by atoms with Gasteiger partial charge in [-0.2, -0.15) is 0 Å². The number of benzene rings is 1. The molecule has 4 rings (SSSR count). The minimum atomic E-state index is 0.628. The molecule has 0 aromatic heterocycles. The van der Waals surface area contributed by atoms with Crippen molar-refractivity contribution in [1.29, 1.82) is 0 Å². The Morgan fingerprint density at radius 2 is 1.88 bits per heavy atom. The molecule has 3 aliphatic heterocycles. The summed E-state index contributed by atoms with van der Waals surface area (Å²) >= 11 is 0. The monoisotopic (exact) mass is 217 g/mol. The van der Waals surface area contributed by atoms with Crippen molar-refractivity contribution in [2.75, 3.05) is 31.1 Å². The summed E-state index contributed by atoms with van der Waals surface area (Å²) in [5, 5.41) is 0. The van der Waals surface area contributed by atoms with Gasteiger partial charge < -0.3 is 16.4 Å². The Morgan fingerprint density at radius 1 is 1.12 bits per heavy atom. The number of nitrogens with zero attached hydrogens (tertiary/aromatic N) is 1. The van der Waals surface area contributed by atoms with Crippen molar-refractivity contribution in [3.05, 3.63) is 23.8 Å². The molecule has 1 atom stereocenters. The quantitative estimate of drug-likeness (QED) is 0.703. The Hall–Kier alpha value is -1.22. The molecule has 0 radical (unpaired) electrons. The molecule has 0 amide bonds. The van der Waals surface area contributed by atoms with Crippen LogP contribution in [0.3, 0.4) is 0 Å². The summed E-state index contributed by atoms with van der Waals surface area (Å²) < 4.78 is 0. The van der Waals surface area contributed by atoms with Crippen LogP contribution < -0.4 is 11.5 Å². The van der Waals surface area contributed by atoms with E-state index in [0.717, 1.165) is 17.3 Å². The molecule has 86 valence electrons. The van der Waals surface area contributed by atoms with Crippen LogP contribution in [0.15, 0.2) is 18.2 Å². The maximum Gasteiger partial charge on any atom is 0.0370 e. The van der Waals surface area contributed by atoms with Gasteiger partial charge in [-0.3, -0.25) is 0 Å². The van der Waals surface area contributed by atoms with Crippen LogP contribution in [-0.2, 0) is 0 Å². The van der Waals surface area contributed by atoms with Gasteiger partial charge in [0.05, 0.1) is 0 Å². The van der Waals surface area contributed by atoms with Crippen LogP contribution in [0, 0.1) is 5.92 Å². The van der Waals surface area contributed by atoms with Crippen LogP contribution in [0.4, 0.5) is 11.4 Å². The Labute approximate surface area is 96.4 Å². The van der Waals surface area contributed by atoms with E-state index in [0.29, 0.717) is 5.92 Å². The first-order valence-electron chi connectivity index (χ1n) is 6.11. The lowest BCUT2D eigenvalue weighted by atomic mass is 9.75. The van der Waals surface area contributed by atoms with E-state index in [9.17, 15) is 0 Å². The predicted molar refractivity (Wildman–Crippen MR) is 67.2 cm³/mol. The minimum absolute atomic E-state index is 0.628. The van der Waals surface area contributed by atoms with Crippen molar-refractivity contribution in [1.82, 2.24) is 4.90 Å². The van der Waals surface area contributed by atoms with Crippen LogP contribution in [-0.4, -0.2) is 24.5 Å². The van der Waals surface area contributed by atoms with Crippen molar-refractivity contribution in [2.45, 2.75) is 18.8 Å². The molecule has 3 saturated heterocycles. The summed E-state index contributed by atoms with van der Waals surface area (Å²) in [4.78, 5) is 2.56. The molecule has 2 bridgehead atoms. The fraction of sp³-hybridized carbons (Fsp3) is 0.538. The topological polar surface area (TPSA) is 55.3 Å². The second-order valence-corrected chi connectivity index (χ2v) is 5.13. The van der Waals surface area contributed by atoms with Gasteiger partial charge in [-0.05, 0) is 49.5 Å². The van der Waals surface area contributed by atoms with Gasteiger partial charge in [0.15, 0.2) is 0 Å². The first-order chi connectivity index (χ1) is 7.74. The number of anilines is 2. The van der Waals surface area contributed by atoms with E-state index in [1.54, 1.807) is 0 Å². The maximum atomic E-state index is 6.09. The van der Waals surface area contributed by atoms with E-state index in [4.69, 9.17) is 11.5 Å². The molecule has 3 fully saturated rings. The smallest absolute Gasteiger partial charge is 0.0370 e. The number of hydrogen-bond acceptors (Lipinski definition) is 3. The second-order valence-electron chi connectivity index (χ2n) is 5.13. The zero-order chi connectivity index (χ0) is 11.1. The molecule has 16 heavy (non-hydrogen) atoms. The molecule has 3 heteroatoms. The van der Waals surface area contributed by atoms with Crippen molar-refractivity contribution in [2.24, 2.45) is 5.92 Å². The molecule has 1 aromatic rings. The van der Waals surface area contributed by atoms with Gasteiger partial charge in [-0.1, -0.05) is 6.07 Å². The molecule has 0 aliphatic carbocycles. The highest BCUT2D eigenvalue weighted by Gasteiger charge is 2.35. The average Bonchev–Trinajstić information content (AvgIpc) is 2.30. The number of piperidine rings is 3. The van der Waals surface area contributed by atoms with Crippen LogP contribution in [0.1, 0.15) is 24.3 Å². The van der Waals surface area contributed by atoms with Crippen LogP contribution >= 0.6 is 0 Å². The van der Waals surface area contributed by atoms with Crippen molar-refractivity contribution in [3.63, 3.8) is 0 Å². The van der Waals surface area contributed by atoms with Gasteiger partial charge in [0, 0.05) is 23.8 Å². The SMILES string of the molecule is Nc1ccc(C2CN3CCC2CC3)c(N)c1. The van der Waals surface area contributed by atoms with E-state index < -0.39 is 0 Å². The molecule has 4 N–H and O–H groups in total. The molecule has 1 aromatic carbocycles. The van der Waals surface area contributed by atoms with Crippen LogP contribution in [0.25, 0.3) is 0 Å². The Kier molecular flexibility index (Phi) is 2.28. The zero-order valence-corrected chi connectivity index (χ0v) is 9.52. The molecule has 3 aliphatic rings. The Balaban J connectivity index is 1.92. The van der Waals surface area contributed by atoms with Gasteiger partial charge in [-0.15, -0.1) is 0 Å². The van der Waals surface area contributed by atoms with E-state index in [1.165, 1.54) is 38.0 Å². The Morgan fingerprint density at radius 3 is 2.44 bits per heavy atom. The summed E-state index contributed by atoms with van der Waals surface area (Å²) in [5.41, 5.74) is 14.8. The first kappa shape index (κ1) is 9.97. The lowest BCUT2D eigenvalue weighted by Gasteiger charge is -2.45. The number of fused-ring (bicyclic) bond motifs is 3. The largest absolute Gasteiger partial charge is 0.399 e. The van der Waals surface area contributed by atoms with Crippen LogP contribution in [0.5, 0.6) is 0 Å². The summed E-state index contributed by atoms with van der Waals surface area (Å²) in [6.45, 7) is 3.73. The third-order valence-corrected chi connectivity index (χ3v) is 4.17. The van der Waals surface area contributed by atoms with E-state index in [2.05, 4.69) is 11.0 Å². The first-order valence-corrected chi connectivity index (χ1v) is 6.11. The highest BCUT2D eigenvalue weighted by Crippen LogP contribution is 2.41. The number of hydrogen-bond donors (Lipinski definition) is 2. The van der Waals surface area contributed by atoms with E-state index in [1.807, 2.05) is 12.1 Å². The van der Waals surface area contributed by atoms with Crippen molar-refractivity contribution < 1.29 is 0 Å². The molecule has 0 saturated carbocycles. The third kappa shape index (κ3) is 1.55. The summed E-state index contributed by atoms with van der Waals surface area (Å²) in [7, 11) is 0. The zero-order valence-electron chi connectivity index (χ0n) is 9.52. The van der Waals surface area contributed by atoms with Gasteiger partial charge >= 0.3 is 0 Å². The maximum absolute atomic E-state index is 6.09. The molecule has 3 nitrogen and oxygen atoms in total. The van der Waals surface area contributed by atoms with Crippen molar-refractivity contribution >= 4 is 11.4 Å². The predicted octanol–water partition coefficient (Wildman–Crippen LogP) is 1.66. The fourth-order valence-electron chi connectivity index (χ4n) is 3.25. The van der Waals surface area contributed by atoms with E-state index >= 15 is 0 Å². The molecule has 1 unspecified atom stereocenters. The second kappa shape index (κ2) is 3.67. The van der Waals surface area contributed by atoms with Crippen molar-refractivity contribution in [3.8, 4) is 0 Å². The lowest BCUT2D eigenvalue weighted by Crippen LogP contribution is -2.46. The molecular weight excluding hydrogens is 198 g/mol. The number of nitrogen functional groups attached to an aromatic ring is 2. The van der Waals surface area contributed by atoms with Gasteiger partial charge in [0.2, 0.25) is 0 Å². The normalized spacial score (nSPS) is 32.9. The molecule has 0 spiro atoms. The minimum Gasteiger partial charge on any atom is -0.399 e. The van der Waals surface area contributed by atoms with Gasteiger partial charge in [0.1, 0.15) is 0 Å². The van der Waals surface area contributed by atoms with Gasteiger partial charge in [0.25, 0.3) is 0 Å². The highest BCUT2D eigenvalue weighted by molar-refractivity contribution is 5.58. The highest BCUT2D eigenvalue weighted by atomic mass is 15.1. The summed E-state index contributed by atoms with van der Waals surface area (Å²) in [6, 6.07) is 5.99. The Bertz CT molecular complexity index is 394. The molecule has 3 heterocycles. The van der Waals surface area contributed by atoms with Gasteiger partial charge in [-0.25, -0.2) is 0 Å². The summed E-state index contributed by atoms with van der Waals surface area (Å²) in [5.74, 6) is 1.46. The van der Waals surface area contributed by atoms with Crippen LogP contribution in [0.2, 0.25) is 0 Å². The third-order valence-electron chi connectivity index (χ3n) is 4.17. The standard InChI is InChI=1S/C13H19N3/c14-10-1-2-11(13(15)7-10)12-8-16-5-3-9(12)4-6-16/h1-2,7,9,12H,3-6,8,14-15H2. The number of nitrogens with two attached hydrogens (primary N) is 2. The average molecular weight is 217 g/mol. The molecular formula is C13H19N3. The summed E-state index contributed by atoms with van der Waals surface area (Å²) in [6.07, 6.45) is 2.66. The van der Waals surface area contributed by atoms with E-state index in [-0.39, 0.29) is 0 Å². The fourth-order valence-corrected chi connectivity index (χ4v) is 3.25. The number of rotatable bonds is 1.